The molecular weight excluding hydrogens is 242 g/mol. The van der Waals surface area contributed by atoms with Crippen LogP contribution in [0.25, 0.3) is 0 Å². The lowest BCUT2D eigenvalue weighted by atomic mass is 10.00. The molecule has 0 spiro atoms. The molecular formula is C14H17N3O2. The van der Waals surface area contributed by atoms with Crippen molar-refractivity contribution in [1.29, 1.82) is 0 Å². The highest BCUT2D eigenvalue weighted by molar-refractivity contribution is 6.07. The summed E-state index contributed by atoms with van der Waals surface area (Å²) in [6, 6.07) is 7.17. The number of nitrogens with zero attached hydrogens (tertiary/aromatic N) is 2. The largest absolute Gasteiger partial charge is 0.346 e. The monoisotopic (exact) mass is 259 g/mol. The van der Waals surface area contributed by atoms with Crippen LogP contribution in [0.3, 0.4) is 0 Å². The smallest absolute Gasteiger partial charge is 0.322 e. The van der Waals surface area contributed by atoms with E-state index in [4.69, 9.17) is 0 Å². The van der Waals surface area contributed by atoms with Crippen LogP contribution in [0.1, 0.15) is 31.4 Å². The van der Waals surface area contributed by atoms with Gasteiger partial charge in [-0.25, -0.2) is 4.79 Å². The molecule has 0 radical (unpaired) electrons. The molecule has 1 atom stereocenters. The van der Waals surface area contributed by atoms with E-state index in [-0.39, 0.29) is 5.91 Å². The zero-order valence-electron chi connectivity index (χ0n) is 11.3. The number of hydrogen-bond donors (Lipinski definition) is 1. The second-order valence-electron chi connectivity index (χ2n) is 4.83. The number of amides is 3. The SMILES string of the molecule is CCC1(C)NC(=O)N(N=Cc2ccccc2C)C1=O. The summed E-state index contributed by atoms with van der Waals surface area (Å²) in [5.41, 5.74) is 1.07. The molecule has 2 rings (SSSR count). The Balaban J connectivity index is 2.23. The average molecular weight is 259 g/mol. The Hall–Kier alpha value is -2.17. The van der Waals surface area contributed by atoms with Crippen molar-refractivity contribution >= 4 is 18.2 Å². The van der Waals surface area contributed by atoms with Crippen LogP contribution < -0.4 is 5.32 Å². The van der Waals surface area contributed by atoms with Crippen molar-refractivity contribution in [3.63, 3.8) is 0 Å². The van der Waals surface area contributed by atoms with Crippen LogP contribution >= 0.6 is 0 Å². The number of rotatable bonds is 3. The third kappa shape index (κ3) is 2.36. The van der Waals surface area contributed by atoms with Crippen molar-refractivity contribution in [2.75, 3.05) is 0 Å². The van der Waals surface area contributed by atoms with Crippen molar-refractivity contribution in [3.05, 3.63) is 35.4 Å². The Kier molecular flexibility index (Phi) is 3.38. The number of nitrogens with one attached hydrogen (secondary N) is 1. The molecule has 19 heavy (non-hydrogen) atoms. The maximum atomic E-state index is 12.1. The first kappa shape index (κ1) is 13.3. The van der Waals surface area contributed by atoms with Crippen molar-refractivity contribution in [1.82, 2.24) is 10.3 Å². The maximum absolute atomic E-state index is 12.1. The molecule has 100 valence electrons. The highest BCUT2D eigenvalue weighted by Gasteiger charge is 2.46. The third-order valence-electron chi connectivity index (χ3n) is 3.45. The van der Waals surface area contributed by atoms with Gasteiger partial charge in [0.05, 0.1) is 6.21 Å². The number of carbonyl (C=O) groups excluding carboxylic acids is 2. The van der Waals surface area contributed by atoms with Gasteiger partial charge in [-0.15, -0.1) is 5.01 Å². The van der Waals surface area contributed by atoms with Crippen molar-refractivity contribution in [3.8, 4) is 0 Å². The molecule has 0 saturated carbocycles. The molecule has 1 aromatic rings. The summed E-state index contributed by atoms with van der Waals surface area (Å²) in [5, 5.41) is 7.56. The van der Waals surface area contributed by atoms with Gasteiger partial charge in [0.15, 0.2) is 0 Å². The van der Waals surface area contributed by atoms with E-state index in [9.17, 15) is 9.59 Å². The van der Waals surface area contributed by atoms with Crippen molar-refractivity contribution in [2.45, 2.75) is 32.7 Å². The summed E-state index contributed by atoms with van der Waals surface area (Å²) in [5.74, 6) is -0.315. The fourth-order valence-corrected chi connectivity index (χ4v) is 1.86. The summed E-state index contributed by atoms with van der Waals surface area (Å²) in [6.07, 6.45) is 2.07. The number of imide groups is 1. The molecule has 5 heteroatoms. The second kappa shape index (κ2) is 4.84. The van der Waals surface area contributed by atoms with Gasteiger partial charge in [-0.05, 0) is 31.4 Å². The lowest BCUT2D eigenvalue weighted by molar-refractivity contribution is -0.130. The van der Waals surface area contributed by atoms with E-state index in [1.807, 2.05) is 38.1 Å². The van der Waals surface area contributed by atoms with E-state index in [0.29, 0.717) is 6.42 Å². The summed E-state index contributed by atoms with van der Waals surface area (Å²) < 4.78 is 0. The van der Waals surface area contributed by atoms with Gasteiger partial charge in [0.1, 0.15) is 5.54 Å². The predicted octanol–water partition coefficient (Wildman–Crippen LogP) is 2.05. The molecule has 1 N–H and O–H groups in total. The Labute approximate surface area is 112 Å². The van der Waals surface area contributed by atoms with Gasteiger partial charge in [0, 0.05) is 0 Å². The number of aryl methyl sites for hydroxylation is 1. The molecule has 1 unspecified atom stereocenters. The standard InChI is InChI=1S/C14H17N3O2/c1-4-14(3)12(18)17(13(19)16-14)15-9-11-8-6-5-7-10(11)2/h5-9H,4H2,1-3H3,(H,16,19). The highest BCUT2D eigenvalue weighted by atomic mass is 16.2. The number of hydrogen-bond acceptors (Lipinski definition) is 3. The van der Waals surface area contributed by atoms with E-state index < -0.39 is 11.6 Å². The Morgan fingerprint density at radius 2 is 2.05 bits per heavy atom. The summed E-state index contributed by atoms with van der Waals surface area (Å²) in [4.78, 5) is 23.8. The lowest BCUT2D eigenvalue weighted by Gasteiger charge is -2.17. The topological polar surface area (TPSA) is 61.8 Å². The summed E-state index contributed by atoms with van der Waals surface area (Å²) >= 11 is 0. The Morgan fingerprint density at radius 3 is 2.63 bits per heavy atom. The van der Waals surface area contributed by atoms with Gasteiger partial charge in [0.25, 0.3) is 5.91 Å². The maximum Gasteiger partial charge on any atom is 0.346 e. The summed E-state index contributed by atoms with van der Waals surface area (Å²) in [7, 11) is 0. The molecule has 1 aliphatic heterocycles. The molecule has 5 nitrogen and oxygen atoms in total. The fourth-order valence-electron chi connectivity index (χ4n) is 1.86. The van der Waals surface area contributed by atoms with Crippen LogP contribution in [-0.2, 0) is 4.79 Å². The van der Waals surface area contributed by atoms with Crippen LogP contribution in [-0.4, -0.2) is 28.7 Å². The van der Waals surface area contributed by atoms with E-state index in [2.05, 4.69) is 10.4 Å². The minimum atomic E-state index is -0.847. The van der Waals surface area contributed by atoms with Crippen molar-refractivity contribution < 1.29 is 9.59 Å². The predicted molar refractivity (Wildman–Crippen MR) is 72.8 cm³/mol. The quantitative estimate of drug-likeness (QED) is 0.667. The van der Waals surface area contributed by atoms with Gasteiger partial charge in [-0.2, -0.15) is 5.10 Å². The van der Waals surface area contributed by atoms with Gasteiger partial charge in [0.2, 0.25) is 0 Å². The molecule has 0 aliphatic carbocycles. The highest BCUT2D eigenvalue weighted by Crippen LogP contribution is 2.20. The molecule has 1 aliphatic rings. The number of benzene rings is 1. The van der Waals surface area contributed by atoms with Crippen LogP contribution in [0.4, 0.5) is 4.79 Å². The molecule has 3 amide bonds. The van der Waals surface area contributed by atoms with Gasteiger partial charge in [-0.1, -0.05) is 31.2 Å². The zero-order valence-corrected chi connectivity index (χ0v) is 11.3. The first-order valence-corrected chi connectivity index (χ1v) is 6.24. The van der Waals surface area contributed by atoms with Gasteiger partial charge >= 0.3 is 6.03 Å². The minimum absolute atomic E-state index is 0.315. The Bertz CT molecular complexity index is 553. The van der Waals surface area contributed by atoms with E-state index >= 15 is 0 Å². The Morgan fingerprint density at radius 1 is 1.37 bits per heavy atom. The number of hydrazone groups is 1. The molecule has 0 aromatic heterocycles. The summed E-state index contributed by atoms with van der Waals surface area (Å²) in [6.45, 7) is 5.51. The normalized spacial score (nSPS) is 23.2. The van der Waals surface area contributed by atoms with E-state index in [0.717, 1.165) is 16.1 Å². The minimum Gasteiger partial charge on any atom is -0.322 e. The van der Waals surface area contributed by atoms with Crippen LogP contribution in [0.2, 0.25) is 0 Å². The van der Waals surface area contributed by atoms with Crippen molar-refractivity contribution in [2.24, 2.45) is 5.10 Å². The third-order valence-corrected chi connectivity index (χ3v) is 3.45. The fraction of sp³-hybridized carbons (Fsp3) is 0.357. The molecule has 1 fully saturated rings. The lowest BCUT2D eigenvalue weighted by Crippen LogP contribution is -2.42. The zero-order chi connectivity index (χ0) is 14.0. The first-order valence-electron chi connectivity index (χ1n) is 6.24. The van der Waals surface area contributed by atoms with Gasteiger partial charge in [-0.3, -0.25) is 4.79 Å². The molecule has 1 saturated heterocycles. The van der Waals surface area contributed by atoms with Gasteiger partial charge < -0.3 is 5.32 Å². The van der Waals surface area contributed by atoms with Crippen LogP contribution in [0, 0.1) is 6.92 Å². The average Bonchev–Trinajstić information content (AvgIpc) is 2.61. The first-order chi connectivity index (χ1) is 8.98. The molecule has 0 bridgehead atoms. The number of urea groups is 1. The van der Waals surface area contributed by atoms with Crippen LogP contribution in [0.15, 0.2) is 29.4 Å². The number of carbonyl (C=O) groups is 2. The van der Waals surface area contributed by atoms with E-state index in [1.165, 1.54) is 6.21 Å². The molecule has 1 aromatic carbocycles. The molecule has 1 heterocycles. The van der Waals surface area contributed by atoms with Crippen LogP contribution in [0.5, 0.6) is 0 Å². The van der Waals surface area contributed by atoms with E-state index in [1.54, 1.807) is 6.92 Å². The second-order valence-corrected chi connectivity index (χ2v) is 4.83.